The van der Waals surface area contributed by atoms with Crippen molar-refractivity contribution in [2.24, 2.45) is 15.0 Å². The second kappa shape index (κ2) is 44.0. The summed E-state index contributed by atoms with van der Waals surface area (Å²) < 4.78 is 0. The van der Waals surface area contributed by atoms with E-state index in [1.54, 1.807) is 72.8 Å². The Morgan fingerprint density at radius 1 is 0.381 bits per heavy atom. The van der Waals surface area contributed by atoms with Crippen LogP contribution >= 0.6 is 0 Å². The lowest BCUT2D eigenvalue weighted by atomic mass is 9.90. The molecular formula is C104H133N21O9. The molecule has 0 aromatic heterocycles. The number of rotatable bonds is 26. The van der Waals surface area contributed by atoms with Crippen molar-refractivity contribution in [2.45, 2.75) is 171 Å². The van der Waals surface area contributed by atoms with Gasteiger partial charge in [-0.1, -0.05) is 111 Å². The Morgan fingerprint density at radius 2 is 0.664 bits per heavy atom. The fourth-order valence-corrected chi connectivity index (χ4v) is 19.3. The number of anilines is 3. The van der Waals surface area contributed by atoms with Crippen molar-refractivity contribution in [3.8, 4) is 0 Å². The van der Waals surface area contributed by atoms with E-state index < -0.39 is 16.6 Å². The number of aliphatic imine (C=N–C) groups is 3. The van der Waals surface area contributed by atoms with Crippen LogP contribution in [0.4, 0.5) is 31.4 Å². The minimum atomic E-state index is -0.460. The van der Waals surface area contributed by atoms with E-state index in [1.165, 1.54) is 34.9 Å². The Labute approximate surface area is 788 Å². The van der Waals surface area contributed by atoms with E-state index in [2.05, 4.69) is 171 Å². The summed E-state index contributed by atoms with van der Waals surface area (Å²) in [6.07, 6.45) is 12.6. The van der Waals surface area contributed by atoms with Crippen molar-refractivity contribution >= 4 is 88.1 Å². The van der Waals surface area contributed by atoms with Gasteiger partial charge in [-0.3, -0.25) is 43.7 Å². The number of amides is 12. The summed E-state index contributed by atoms with van der Waals surface area (Å²) in [7, 11) is 12.1. The van der Waals surface area contributed by atoms with Crippen molar-refractivity contribution in [1.82, 2.24) is 76.8 Å². The highest BCUT2D eigenvalue weighted by Gasteiger charge is 2.50. The summed E-state index contributed by atoms with van der Waals surface area (Å²) in [4.78, 5) is 143. The molecule has 7 heterocycles. The van der Waals surface area contributed by atoms with Crippen LogP contribution in [0.3, 0.4) is 0 Å². The van der Waals surface area contributed by atoms with Crippen LogP contribution in [-0.2, 0) is 14.4 Å². The Bertz CT molecular complexity index is 5260. The summed E-state index contributed by atoms with van der Waals surface area (Å²) in [5.41, 5.74) is 12.2. The lowest BCUT2D eigenvalue weighted by molar-refractivity contribution is -0.112. The Hall–Kier alpha value is -13.3. The zero-order valence-corrected chi connectivity index (χ0v) is 79.6. The third-order valence-corrected chi connectivity index (χ3v) is 26.8. The topological polar surface area (TPSA) is 346 Å². The second-order valence-corrected chi connectivity index (χ2v) is 38.2. The minimum absolute atomic E-state index is 0.0180. The number of carbonyl (C=O) groups excluding carboxylic acids is 9. The SMILES string of the molecule is C=CC(=O)Nc1ccc(C(=O)N2CCC(NC3=NCC4=C3CN(C(=O)N[C@H](CN(C)C)c3ccccc3)C4(C)C)CC2)cc1.C=CC(=O)Nc1ccc(C(=O)N[C@@H]2CCC[C@@H](NC3=NCC4=C3CN(C(=O)N[C@H](CN(C)C)c3ccccc3)C4(C)C)C2)cc1.C=CC(=O)Nc1ccc(C(=O)N[C@H]2CCC[C@@H](NC3=NCC4=C3CN(C(=O)N[C@H](CN(C)C)c3ccccc3)C4(C)C)C2)cc1. The number of nitrogens with one attached hydrogen (secondary N) is 11. The van der Waals surface area contributed by atoms with E-state index in [-0.39, 0.29) is 102 Å². The van der Waals surface area contributed by atoms with Gasteiger partial charge in [-0.25, -0.2) is 14.4 Å². The molecule has 6 aromatic rings. The predicted molar refractivity (Wildman–Crippen MR) is 530 cm³/mol. The molecule has 1 saturated heterocycles. The van der Waals surface area contributed by atoms with E-state index >= 15 is 0 Å². The molecule has 30 heteroatoms. The number of likely N-dealkylation sites (tertiary alicyclic amines) is 1. The molecule has 7 aliphatic heterocycles. The first kappa shape index (κ1) is 98.2. The Morgan fingerprint density at radius 3 is 0.955 bits per heavy atom. The van der Waals surface area contributed by atoms with Crippen LogP contribution in [0, 0.1) is 0 Å². The molecule has 30 nitrogen and oxygen atoms in total. The van der Waals surface area contributed by atoms with Gasteiger partial charge in [-0.15, -0.1) is 0 Å². The summed E-state index contributed by atoms with van der Waals surface area (Å²) in [6.45, 7) is 29.6. The number of likely N-dealkylation sites (N-methyl/N-ethyl adjacent to an activating group) is 3. The maximum atomic E-state index is 13.7. The number of hydrogen-bond acceptors (Lipinski definition) is 18. The Balaban J connectivity index is 0.000000170. The van der Waals surface area contributed by atoms with Crippen molar-refractivity contribution in [1.29, 1.82) is 0 Å². The summed E-state index contributed by atoms with van der Waals surface area (Å²) in [6, 6.07) is 50.8. The largest absolute Gasteiger partial charge is 0.367 e. The normalized spacial score (nSPS) is 20.2. The molecule has 3 fully saturated rings. The molecule has 2 saturated carbocycles. The van der Waals surface area contributed by atoms with Crippen LogP contribution in [-0.4, -0.2) is 266 Å². The summed E-state index contributed by atoms with van der Waals surface area (Å²) in [5.74, 6) is 1.45. The zero-order valence-electron chi connectivity index (χ0n) is 79.6. The molecule has 6 aromatic carbocycles. The summed E-state index contributed by atoms with van der Waals surface area (Å²) >= 11 is 0. The van der Waals surface area contributed by atoms with Gasteiger partial charge in [0.2, 0.25) is 17.7 Å². The molecule has 11 N–H and O–H groups in total. The van der Waals surface area contributed by atoms with Gasteiger partial charge in [-0.2, -0.15) is 0 Å². The summed E-state index contributed by atoms with van der Waals surface area (Å²) in [5, 5.41) is 35.3. The third-order valence-electron chi connectivity index (χ3n) is 26.8. The first-order chi connectivity index (χ1) is 64.1. The molecule has 0 spiro atoms. The molecular weight excluding hydrogens is 1690 g/mol. The standard InChI is InChI=1S/2C35H45N7O3.C34H43N7O3/c2*1-6-31(43)37-25-17-15-24(16-18-25)33(44)39-27-14-10-13-26(19-27)38-32-28-21-42(35(2,3)29(28)20-36-32)34(45)40-30(22-41(4)5)23-11-8-7-9-12-23;1-6-30(42)36-25-14-12-24(13-15-25)32(43)40-18-16-26(17-19-40)37-31-27-21-41(34(2,3)28(27)20-35-31)33(44)38-29(22-39(4)5)23-10-8-7-9-11-23/h2*6-9,11-12,15-18,26-27,30H,1,10,13-14,19-22H2,2-5H3,(H,36,38)(H,37,43)(H,39,44)(H,40,45);6-15,26,29H,1,16-22H2,2-5H3,(H,35,37)(H,36,42)(H,38,44)/t26-,27+,30-;26-,27-,30-;29-/m111/s1. The van der Waals surface area contributed by atoms with E-state index in [0.717, 1.165) is 115 Å². The van der Waals surface area contributed by atoms with E-state index in [4.69, 9.17) is 15.0 Å². The van der Waals surface area contributed by atoms with Crippen LogP contribution in [0.1, 0.15) is 172 Å². The fraction of sp³-hybridized carbons (Fsp3) is 0.423. The van der Waals surface area contributed by atoms with Crippen molar-refractivity contribution in [2.75, 3.05) is 130 Å². The van der Waals surface area contributed by atoms with E-state index in [9.17, 15) is 43.2 Å². The first-order valence-corrected chi connectivity index (χ1v) is 46.6. The van der Waals surface area contributed by atoms with Crippen molar-refractivity contribution in [3.63, 3.8) is 0 Å². The maximum Gasteiger partial charge on any atom is 0.318 e. The van der Waals surface area contributed by atoms with E-state index in [0.29, 0.717) is 106 Å². The number of amidine groups is 3. The van der Waals surface area contributed by atoms with E-state index in [1.807, 2.05) is 116 Å². The van der Waals surface area contributed by atoms with Gasteiger partial charge >= 0.3 is 18.1 Å². The average Bonchev–Trinajstić information content (AvgIpc) is 1.60. The molecule has 2 aliphatic carbocycles. The van der Waals surface area contributed by atoms with Gasteiger partial charge < -0.3 is 92.8 Å². The molecule has 0 radical (unpaired) electrons. The lowest BCUT2D eigenvalue weighted by Crippen LogP contribution is -2.52. The smallest absolute Gasteiger partial charge is 0.318 e. The lowest BCUT2D eigenvalue weighted by Gasteiger charge is -2.36. The number of piperidine rings is 1. The second-order valence-electron chi connectivity index (χ2n) is 38.2. The average molecular weight is 1820 g/mol. The molecule has 7 atom stereocenters. The van der Waals surface area contributed by atoms with Gasteiger partial charge in [0, 0.05) is 113 Å². The quantitative estimate of drug-likeness (QED) is 0.0225. The van der Waals surface area contributed by atoms with Gasteiger partial charge in [-0.05, 0) is 272 Å². The number of benzene rings is 6. The molecule has 0 bridgehead atoms. The van der Waals surface area contributed by atoms with Crippen molar-refractivity contribution in [3.05, 3.63) is 269 Å². The molecule has 0 unspecified atom stereocenters. The first-order valence-electron chi connectivity index (χ1n) is 46.6. The van der Waals surface area contributed by atoms with Gasteiger partial charge in [0.25, 0.3) is 17.7 Å². The van der Waals surface area contributed by atoms with Gasteiger partial charge in [0.15, 0.2) is 0 Å². The van der Waals surface area contributed by atoms with Crippen LogP contribution in [0.15, 0.2) is 250 Å². The number of urea groups is 3. The maximum absolute atomic E-state index is 13.7. The highest BCUT2D eigenvalue weighted by molar-refractivity contribution is 6.07. The van der Waals surface area contributed by atoms with Gasteiger partial charge in [0.05, 0.1) is 74.0 Å². The third kappa shape index (κ3) is 24.4. The van der Waals surface area contributed by atoms with Crippen LogP contribution < -0.4 is 58.5 Å². The number of hydrogen-bond donors (Lipinski definition) is 11. The van der Waals surface area contributed by atoms with Crippen LogP contribution in [0.5, 0.6) is 0 Å². The van der Waals surface area contributed by atoms with Crippen LogP contribution in [0.2, 0.25) is 0 Å². The molecule has 12 amide bonds. The minimum Gasteiger partial charge on any atom is -0.367 e. The molecule has 708 valence electrons. The predicted octanol–water partition coefficient (Wildman–Crippen LogP) is 12.3. The van der Waals surface area contributed by atoms with Crippen LogP contribution in [0.25, 0.3) is 0 Å². The zero-order chi connectivity index (χ0) is 95.7. The monoisotopic (exact) mass is 1820 g/mol. The highest BCUT2D eigenvalue weighted by Crippen LogP contribution is 2.42. The number of nitrogens with zero attached hydrogens (tertiary/aromatic N) is 10. The molecule has 9 aliphatic rings. The molecule has 15 rings (SSSR count). The van der Waals surface area contributed by atoms with Gasteiger partial charge in [0.1, 0.15) is 17.5 Å². The Kier molecular flexibility index (Phi) is 32.3. The van der Waals surface area contributed by atoms with Crippen molar-refractivity contribution < 1.29 is 43.2 Å². The molecule has 134 heavy (non-hydrogen) atoms. The number of carbonyl (C=O) groups is 9. The fourth-order valence-electron chi connectivity index (χ4n) is 19.3. The highest BCUT2D eigenvalue weighted by atomic mass is 16.2.